The quantitative estimate of drug-likeness (QED) is 0.687. The van der Waals surface area contributed by atoms with Crippen LogP contribution in [0.2, 0.25) is 0 Å². The standard InChI is InChI=1S/C17H19F3N6O2/c18-17(19,20)11-9-24-16(25-12-2-1-5-22-13(12)14(21)27)26-15(11)23-8-10-3-6-28-7-4-10/h1-2,5,9-10H,3-4,6-8H2,(H2,21,27)(H2,23,24,25,26). The first-order valence-corrected chi connectivity index (χ1v) is 8.62. The van der Waals surface area contributed by atoms with Gasteiger partial charge in [0.05, 0.1) is 5.69 Å². The Bertz CT molecular complexity index is 840. The van der Waals surface area contributed by atoms with Crippen molar-refractivity contribution in [3.05, 3.63) is 35.8 Å². The van der Waals surface area contributed by atoms with E-state index in [0.717, 1.165) is 12.8 Å². The van der Waals surface area contributed by atoms with Gasteiger partial charge in [-0.3, -0.25) is 4.79 Å². The number of ether oxygens (including phenoxy) is 1. The number of anilines is 3. The number of halogens is 3. The van der Waals surface area contributed by atoms with E-state index in [-0.39, 0.29) is 29.1 Å². The third kappa shape index (κ3) is 4.85. The molecule has 3 rings (SSSR count). The van der Waals surface area contributed by atoms with Crippen LogP contribution in [-0.4, -0.2) is 40.6 Å². The number of nitrogens with zero attached hydrogens (tertiary/aromatic N) is 3. The van der Waals surface area contributed by atoms with Crippen LogP contribution in [0.3, 0.4) is 0 Å². The van der Waals surface area contributed by atoms with Gasteiger partial charge in [-0.05, 0) is 30.9 Å². The van der Waals surface area contributed by atoms with Crippen molar-refractivity contribution in [3.8, 4) is 0 Å². The number of amides is 1. The SMILES string of the molecule is NC(=O)c1ncccc1Nc1ncc(C(F)(F)F)c(NCC2CCOCC2)n1. The Balaban J connectivity index is 1.84. The normalized spacial score (nSPS) is 15.2. The van der Waals surface area contributed by atoms with Crippen molar-refractivity contribution >= 4 is 23.4 Å². The first-order chi connectivity index (χ1) is 13.3. The molecule has 4 N–H and O–H groups in total. The van der Waals surface area contributed by atoms with Crippen molar-refractivity contribution in [2.45, 2.75) is 19.0 Å². The second-order valence-electron chi connectivity index (χ2n) is 6.28. The van der Waals surface area contributed by atoms with Gasteiger partial charge >= 0.3 is 6.18 Å². The van der Waals surface area contributed by atoms with Crippen LogP contribution in [0.15, 0.2) is 24.5 Å². The van der Waals surface area contributed by atoms with Gasteiger partial charge in [-0.2, -0.15) is 18.2 Å². The summed E-state index contributed by atoms with van der Waals surface area (Å²) in [6.45, 7) is 1.51. The highest BCUT2D eigenvalue weighted by Crippen LogP contribution is 2.34. The Morgan fingerprint density at radius 3 is 2.71 bits per heavy atom. The lowest BCUT2D eigenvalue weighted by atomic mass is 10.0. The van der Waals surface area contributed by atoms with Crippen LogP contribution in [-0.2, 0) is 10.9 Å². The van der Waals surface area contributed by atoms with Gasteiger partial charge < -0.3 is 21.1 Å². The number of carbonyl (C=O) groups is 1. The maximum absolute atomic E-state index is 13.3. The maximum Gasteiger partial charge on any atom is 0.421 e. The molecule has 0 saturated carbocycles. The lowest BCUT2D eigenvalue weighted by molar-refractivity contribution is -0.137. The summed E-state index contributed by atoms with van der Waals surface area (Å²) in [5, 5.41) is 5.48. The van der Waals surface area contributed by atoms with Crippen molar-refractivity contribution < 1.29 is 22.7 Å². The van der Waals surface area contributed by atoms with Crippen LogP contribution in [0, 0.1) is 5.92 Å². The van der Waals surface area contributed by atoms with Crippen molar-refractivity contribution in [1.29, 1.82) is 0 Å². The molecule has 2 aromatic heterocycles. The van der Waals surface area contributed by atoms with Crippen molar-refractivity contribution in [1.82, 2.24) is 15.0 Å². The number of pyridine rings is 1. The van der Waals surface area contributed by atoms with Gasteiger partial charge in [-0.25, -0.2) is 9.97 Å². The molecule has 1 saturated heterocycles. The van der Waals surface area contributed by atoms with E-state index in [4.69, 9.17) is 10.5 Å². The zero-order valence-corrected chi connectivity index (χ0v) is 14.8. The second kappa shape index (κ2) is 8.38. The molecular formula is C17H19F3N6O2. The number of hydrogen-bond acceptors (Lipinski definition) is 7. The summed E-state index contributed by atoms with van der Waals surface area (Å²) in [7, 11) is 0. The van der Waals surface area contributed by atoms with Crippen LogP contribution in [0.4, 0.5) is 30.6 Å². The van der Waals surface area contributed by atoms with Gasteiger partial charge in [0.15, 0.2) is 5.69 Å². The fraction of sp³-hybridized carbons (Fsp3) is 0.412. The summed E-state index contributed by atoms with van der Waals surface area (Å²) in [5.74, 6) is -1.03. The van der Waals surface area contributed by atoms with Crippen molar-refractivity contribution in [2.24, 2.45) is 11.7 Å². The molecule has 11 heteroatoms. The van der Waals surface area contributed by atoms with Gasteiger partial charge in [0.2, 0.25) is 5.95 Å². The Morgan fingerprint density at radius 2 is 2.04 bits per heavy atom. The summed E-state index contributed by atoms with van der Waals surface area (Å²) in [6.07, 6.45) is -1.00. The highest BCUT2D eigenvalue weighted by Gasteiger charge is 2.35. The third-order valence-corrected chi connectivity index (χ3v) is 4.28. The monoisotopic (exact) mass is 396 g/mol. The highest BCUT2D eigenvalue weighted by molar-refractivity contribution is 5.96. The van der Waals surface area contributed by atoms with Gasteiger partial charge in [-0.1, -0.05) is 0 Å². The lowest BCUT2D eigenvalue weighted by Crippen LogP contribution is -2.24. The minimum atomic E-state index is -4.61. The molecule has 0 aliphatic carbocycles. The van der Waals surface area contributed by atoms with Crippen LogP contribution in [0.5, 0.6) is 0 Å². The summed E-state index contributed by atoms with van der Waals surface area (Å²) in [4.78, 5) is 23.0. The number of hydrogen-bond donors (Lipinski definition) is 3. The van der Waals surface area contributed by atoms with Crippen LogP contribution >= 0.6 is 0 Å². The maximum atomic E-state index is 13.3. The molecule has 28 heavy (non-hydrogen) atoms. The zero-order chi connectivity index (χ0) is 20.1. The number of nitrogens with one attached hydrogen (secondary N) is 2. The average molecular weight is 396 g/mol. The largest absolute Gasteiger partial charge is 0.421 e. The van der Waals surface area contributed by atoms with Crippen LogP contribution < -0.4 is 16.4 Å². The van der Waals surface area contributed by atoms with Crippen LogP contribution in [0.25, 0.3) is 0 Å². The van der Waals surface area contributed by atoms with E-state index < -0.39 is 17.6 Å². The summed E-state index contributed by atoms with van der Waals surface area (Å²) in [6, 6.07) is 3.05. The third-order valence-electron chi connectivity index (χ3n) is 4.28. The number of nitrogens with two attached hydrogens (primary N) is 1. The number of primary amides is 1. The topological polar surface area (TPSA) is 115 Å². The molecule has 1 amide bonds. The van der Waals surface area contributed by atoms with E-state index in [9.17, 15) is 18.0 Å². The van der Waals surface area contributed by atoms with Crippen LogP contribution in [0.1, 0.15) is 28.9 Å². The predicted molar refractivity (Wildman–Crippen MR) is 95.1 cm³/mol. The number of alkyl halides is 3. The number of rotatable bonds is 6. The summed E-state index contributed by atoms with van der Waals surface area (Å²) < 4.78 is 45.2. The molecule has 8 nitrogen and oxygen atoms in total. The van der Waals surface area contributed by atoms with E-state index in [1.54, 1.807) is 6.07 Å². The molecule has 1 fully saturated rings. The molecular weight excluding hydrogens is 377 g/mol. The van der Waals surface area contributed by atoms with E-state index in [1.165, 1.54) is 12.3 Å². The Labute approximate surface area is 158 Å². The Morgan fingerprint density at radius 1 is 1.29 bits per heavy atom. The molecule has 0 spiro atoms. The smallest absolute Gasteiger partial charge is 0.381 e. The molecule has 150 valence electrons. The number of aromatic nitrogens is 3. The lowest BCUT2D eigenvalue weighted by Gasteiger charge is -2.23. The van der Waals surface area contributed by atoms with Crippen molar-refractivity contribution in [3.63, 3.8) is 0 Å². The molecule has 0 radical (unpaired) electrons. The fourth-order valence-corrected chi connectivity index (χ4v) is 2.80. The second-order valence-corrected chi connectivity index (χ2v) is 6.28. The van der Waals surface area contributed by atoms with Gasteiger partial charge in [0, 0.05) is 32.2 Å². The van der Waals surface area contributed by atoms with E-state index >= 15 is 0 Å². The first kappa shape index (κ1) is 19.8. The molecule has 2 aromatic rings. The van der Waals surface area contributed by atoms with Crippen molar-refractivity contribution in [2.75, 3.05) is 30.4 Å². The average Bonchev–Trinajstić information content (AvgIpc) is 2.66. The molecule has 0 aromatic carbocycles. The summed E-state index contributed by atoms with van der Waals surface area (Å²) in [5.41, 5.74) is 4.42. The minimum absolute atomic E-state index is 0.0669. The predicted octanol–water partition coefficient (Wildman–Crippen LogP) is 2.57. The Kier molecular flexibility index (Phi) is 5.93. The zero-order valence-electron chi connectivity index (χ0n) is 14.8. The summed E-state index contributed by atoms with van der Waals surface area (Å²) >= 11 is 0. The van der Waals surface area contributed by atoms with Gasteiger partial charge in [0.1, 0.15) is 11.4 Å². The van der Waals surface area contributed by atoms with E-state index in [0.29, 0.717) is 26.0 Å². The fourth-order valence-electron chi connectivity index (χ4n) is 2.80. The molecule has 0 bridgehead atoms. The molecule has 3 heterocycles. The number of carbonyl (C=O) groups excluding carboxylic acids is 1. The first-order valence-electron chi connectivity index (χ1n) is 8.62. The molecule has 0 atom stereocenters. The van der Waals surface area contributed by atoms with E-state index in [2.05, 4.69) is 25.6 Å². The molecule has 1 aliphatic rings. The molecule has 0 unspecified atom stereocenters. The Hall–Kier alpha value is -2.95. The highest BCUT2D eigenvalue weighted by atomic mass is 19.4. The van der Waals surface area contributed by atoms with Gasteiger partial charge in [0.25, 0.3) is 5.91 Å². The van der Waals surface area contributed by atoms with E-state index in [1.807, 2.05) is 0 Å². The van der Waals surface area contributed by atoms with Gasteiger partial charge in [-0.15, -0.1) is 0 Å². The minimum Gasteiger partial charge on any atom is -0.381 e. The molecule has 1 aliphatic heterocycles.